The van der Waals surface area contributed by atoms with Crippen LogP contribution in [-0.4, -0.2) is 41.3 Å². The lowest BCUT2D eigenvalue weighted by atomic mass is 9.68. The first-order chi connectivity index (χ1) is 7.02. The first-order valence-corrected chi connectivity index (χ1v) is 4.91. The SMILES string of the molecule is NCC1(C(=O)NCC(O)C(=O)O)CCC1. The van der Waals surface area contributed by atoms with Crippen LogP contribution in [0.4, 0.5) is 0 Å². The molecule has 0 aromatic rings. The summed E-state index contributed by atoms with van der Waals surface area (Å²) in [6.07, 6.45) is 0.882. The van der Waals surface area contributed by atoms with Crippen LogP contribution in [0.3, 0.4) is 0 Å². The van der Waals surface area contributed by atoms with Gasteiger partial charge in [-0.1, -0.05) is 6.42 Å². The van der Waals surface area contributed by atoms with E-state index in [0.29, 0.717) is 0 Å². The fraction of sp³-hybridized carbons (Fsp3) is 0.778. The molecule has 6 nitrogen and oxygen atoms in total. The zero-order valence-corrected chi connectivity index (χ0v) is 8.40. The van der Waals surface area contributed by atoms with Crippen LogP contribution in [0.5, 0.6) is 0 Å². The van der Waals surface area contributed by atoms with Gasteiger partial charge in [-0.05, 0) is 12.8 Å². The molecule has 15 heavy (non-hydrogen) atoms. The number of carboxylic acid groups (broad SMARTS) is 1. The van der Waals surface area contributed by atoms with Gasteiger partial charge in [0, 0.05) is 6.54 Å². The summed E-state index contributed by atoms with van der Waals surface area (Å²) >= 11 is 0. The molecule has 0 aliphatic heterocycles. The highest BCUT2D eigenvalue weighted by molar-refractivity contribution is 5.84. The topological polar surface area (TPSA) is 113 Å². The standard InChI is InChI=1S/C9H16N2O4/c10-5-9(2-1-3-9)8(15)11-4-6(12)7(13)14/h6,12H,1-5,10H2,(H,11,15)(H,13,14). The molecule has 0 heterocycles. The molecule has 1 amide bonds. The van der Waals surface area contributed by atoms with E-state index in [-0.39, 0.29) is 19.0 Å². The molecule has 0 bridgehead atoms. The number of hydrogen-bond acceptors (Lipinski definition) is 4. The van der Waals surface area contributed by atoms with Crippen molar-refractivity contribution in [2.24, 2.45) is 11.1 Å². The summed E-state index contributed by atoms with van der Waals surface area (Å²) in [5, 5.41) is 19.8. The van der Waals surface area contributed by atoms with Crippen LogP contribution in [0, 0.1) is 5.41 Å². The van der Waals surface area contributed by atoms with Crippen molar-refractivity contribution in [3.05, 3.63) is 0 Å². The Labute approximate surface area is 87.5 Å². The van der Waals surface area contributed by atoms with E-state index in [9.17, 15) is 9.59 Å². The van der Waals surface area contributed by atoms with Crippen LogP contribution in [0.2, 0.25) is 0 Å². The van der Waals surface area contributed by atoms with Gasteiger partial charge < -0.3 is 21.3 Å². The molecule has 5 N–H and O–H groups in total. The Kier molecular flexibility index (Phi) is 3.65. The molecule has 0 aromatic carbocycles. The molecular weight excluding hydrogens is 200 g/mol. The third kappa shape index (κ3) is 2.45. The van der Waals surface area contributed by atoms with E-state index in [4.69, 9.17) is 15.9 Å². The number of nitrogens with two attached hydrogens (primary N) is 1. The predicted molar refractivity (Wildman–Crippen MR) is 52.0 cm³/mol. The summed E-state index contributed by atoms with van der Waals surface area (Å²) in [7, 11) is 0. The summed E-state index contributed by atoms with van der Waals surface area (Å²) in [4.78, 5) is 21.9. The van der Waals surface area contributed by atoms with Crippen LogP contribution >= 0.6 is 0 Å². The van der Waals surface area contributed by atoms with E-state index in [1.165, 1.54) is 0 Å². The smallest absolute Gasteiger partial charge is 0.334 e. The maximum atomic E-state index is 11.6. The number of carboxylic acids is 1. The molecule has 1 unspecified atom stereocenters. The van der Waals surface area contributed by atoms with Crippen molar-refractivity contribution in [3.63, 3.8) is 0 Å². The second-order valence-electron chi connectivity index (χ2n) is 3.90. The minimum Gasteiger partial charge on any atom is -0.479 e. The van der Waals surface area contributed by atoms with Crippen molar-refractivity contribution in [3.8, 4) is 0 Å². The predicted octanol–water partition coefficient (Wildman–Crippen LogP) is -1.32. The highest BCUT2D eigenvalue weighted by Gasteiger charge is 2.42. The average Bonchev–Trinajstić information content (AvgIpc) is 2.13. The molecular formula is C9H16N2O4. The minimum atomic E-state index is -1.55. The Hall–Kier alpha value is -1.14. The van der Waals surface area contributed by atoms with Crippen molar-refractivity contribution < 1.29 is 19.8 Å². The van der Waals surface area contributed by atoms with Gasteiger partial charge in [0.25, 0.3) is 0 Å². The number of aliphatic carboxylic acids is 1. The second-order valence-corrected chi connectivity index (χ2v) is 3.90. The van der Waals surface area contributed by atoms with E-state index < -0.39 is 17.5 Å². The summed E-state index contributed by atoms with van der Waals surface area (Å²) in [6.45, 7) is -0.00207. The van der Waals surface area contributed by atoms with Gasteiger partial charge in [-0.2, -0.15) is 0 Å². The number of rotatable bonds is 5. The Morgan fingerprint density at radius 3 is 2.40 bits per heavy atom. The fourth-order valence-corrected chi connectivity index (χ4v) is 1.59. The number of nitrogens with one attached hydrogen (secondary N) is 1. The monoisotopic (exact) mass is 216 g/mol. The van der Waals surface area contributed by atoms with Gasteiger partial charge in [0.1, 0.15) is 0 Å². The van der Waals surface area contributed by atoms with Crippen molar-refractivity contribution in [1.82, 2.24) is 5.32 Å². The maximum absolute atomic E-state index is 11.6. The molecule has 1 fully saturated rings. The largest absolute Gasteiger partial charge is 0.479 e. The molecule has 1 aliphatic carbocycles. The lowest BCUT2D eigenvalue weighted by Gasteiger charge is -2.39. The molecule has 1 atom stereocenters. The lowest BCUT2D eigenvalue weighted by Crippen LogP contribution is -2.52. The highest BCUT2D eigenvalue weighted by Crippen LogP contribution is 2.39. The normalized spacial score (nSPS) is 20.1. The van der Waals surface area contributed by atoms with Crippen molar-refractivity contribution in [1.29, 1.82) is 0 Å². The number of aliphatic hydroxyl groups is 1. The Morgan fingerprint density at radius 2 is 2.07 bits per heavy atom. The van der Waals surface area contributed by atoms with Crippen LogP contribution in [0.15, 0.2) is 0 Å². The molecule has 0 spiro atoms. The molecule has 86 valence electrons. The third-order valence-electron chi connectivity index (χ3n) is 2.92. The van der Waals surface area contributed by atoms with E-state index in [1.807, 2.05) is 0 Å². The molecule has 0 aromatic heterocycles. The second kappa shape index (κ2) is 4.59. The van der Waals surface area contributed by atoms with Crippen molar-refractivity contribution in [2.75, 3.05) is 13.1 Å². The van der Waals surface area contributed by atoms with E-state index in [0.717, 1.165) is 19.3 Å². The molecule has 0 radical (unpaired) electrons. The maximum Gasteiger partial charge on any atom is 0.334 e. The molecule has 1 saturated carbocycles. The third-order valence-corrected chi connectivity index (χ3v) is 2.92. The van der Waals surface area contributed by atoms with Gasteiger partial charge >= 0.3 is 5.97 Å². The summed E-state index contributed by atoms with van der Waals surface area (Å²) in [5.41, 5.74) is 4.97. The first kappa shape index (κ1) is 11.9. The highest BCUT2D eigenvalue weighted by atomic mass is 16.4. The molecule has 6 heteroatoms. The Bertz CT molecular complexity index is 257. The summed E-state index contributed by atoms with van der Waals surface area (Å²) in [5.74, 6) is -1.60. The minimum absolute atomic E-state index is 0.253. The summed E-state index contributed by atoms with van der Waals surface area (Å²) < 4.78 is 0. The van der Waals surface area contributed by atoms with E-state index in [2.05, 4.69) is 5.32 Å². The molecule has 0 saturated heterocycles. The first-order valence-electron chi connectivity index (χ1n) is 4.91. The number of amides is 1. The zero-order chi connectivity index (χ0) is 11.5. The zero-order valence-electron chi connectivity index (χ0n) is 8.40. The van der Waals surface area contributed by atoms with Gasteiger partial charge in [0.05, 0.1) is 12.0 Å². The Morgan fingerprint density at radius 1 is 1.47 bits per heavy atom. The van der Waals surface area contributed by atoms with Crippen LogP contribution < -0.4 is 11.1 Å². The number of carbonyl (C=O) groups is 2. The van der Waals surface area contributed by atoms with Gasteiger partial charge in [-0.3, -0.25) is 4.79 Å². The molecule has 1 rings (SSSR count). The van der Waals surface area contributed by atoms with E-state index in [1.54, 1.807) is 0 Å². The van der Waals surface area contributed by atoms with Crippen LogP contribution in [-0.2, 0) is 9.59 Å². The van der Waals surface area contributed by atoms with Crippen molar-refractivity contribution in [2.45, 2.75) is 25.4 Å². The van der Waals surface area contributed by atoms with Crippen molar-refractivity contribution >= 4 is 11.9 Å². The number of hydrogen-bond donors (Lipinski definition) is 4. The van der Waals surface area contributed by atoms with Gasteiger partial charge in [-0.25, -0.2) is 4.79 Å². The number of carbonyl (C=O) groups excluding carboxylic acids is 1. The van der Waals surface area contributed by atoms with E-state index >= 15 is 0 Å². The van der Waals surface area contributed by atoms with Gasteiger partial charge in [-0.15, -0.1) is 0 Å². The Balaban J connectivity index is 2.39. The van der Waals surface area contributed by atoms with Gasteiger partial charge in [0.2, 0.25) is 5.91 Å². The summed E-state index contributed by atoms with van der Waals surface area (Å²) in [6, 6.07) is 0. The molecule has 1 aliphatic rings. The van der Waals surface area contributed by atoms with Gasteiger partial charge in [0.15, 0.2) is 6.10 Å². The lowest BCUT2D eigenvalue weighted by molar-refractivity contribution is -0.147. The average molecular weight is 216 g/mol. The van der Waals surface area contributed by atoms with Crippen LogP contribution in [0.1, 0.15) is 19.3 Å². The quantitative estimate of drug-likeness (QED) is 0.455. The van der Waals surface area contributed by atoms with Crippen LogP contribution in [0.25, 0.3) is 0 Å². The fourth-order valence-electron chi connectivity index (χ4n) is 1.59. The number of aliphatic hydroxyl groups excluding tert-OH is 1.